The Balaban J connectivity index is 1.45. The highest BCUT2D eigenvalue weighted by Crippen LogP contribution is 2.42. The van der Waals surface area contributed by atoms with Crippen molar-refractivity contribution in [1.29, 1.82) is 0 Å². The Kier molecular flexibility index (Phi) is 15.9. The summed E-state index contributed by atoms with van der Waals surface area (Å²) in [5.41, 5.74) is 2.78. The van der Waals surface area contributed by atoms with E-state index in [0.29, 0.717) is 45.0 Å². The van der Waals surface area contributed by atoms with Gasteiger partial charge in [0.25, 0.3) is 0 Å². The second-order valence-electron chi connectivity index (χ2n) is 17.0. The average Bonchev–Trinajstić information content (AvgIpc) is 3.99. The maximum absolute atomic E-state index is 16.0. The number of hydrogen-bond acceptors (Lipinski definition) is 14. The Morgan fingerprint density at radius 3 is 1.89 bits per heavy atom. The minimum absolute atomic E-state index is 0.0913. The van der Waals surface area contributed by atoms with Gasteiger partial charge in [0.2, 0.25) is 25.9 Å². The minimum atomic E-state index is -4.99. The van der Waals surface area contributed by atoms with Crippen LogP contribution in [0, 0.1) is 0 Å². The molecule has 21 nitrogen and oxygen atoms in total. The molecular weight excluding hydrogens is 957 g/mol. The van der Waals surface area contributed by atoms with Gasteiger partial charge in [0.05, 0.1) is 50.8 Å². The summed E-state index contributed by atoms with van der Waals surface area (Å²) in [4.78, 5) is 28.3. The lowest BCUT2D eigenvalue weighted by atomic mass is 9.98. The van der Waals surface area contributed by atoms with Crippen molar-refractivity contribution in [3.8, 4) is 39.8 Å². The van der Waals surface area contributed by atoms with Crippen LogP contribution in [-0.2, 0) is 51.0 Å². The van der Waals surface area contributed by atoms with E-state index in [9.17, 15) is 23.1 Å². The lowest BCUT2D eigenvalue weighted by Crippen LogP contribution is -2.36. The number of sulfonamides is 2. The SMILES string of the molecule is COc1ccc(CN(Cc2ccc(OC)cc2)S(=O)(=O)c2c(S(=O)(=O)NCCNC(=O)O)ccc(-c3ccc4ncn(CCNC(=O)OC(C)(C)C)c4c3)c2-c2nnn(Cc3ccc(OC)cc3)n2)cc1. The lowest BCUT2D eigenvalue weighted by Gasteiger charge is -2.26. The molecule has 0 aliphatic rings. The van der Waals surface area contributed by atoms with Crippen LogP contribution in [0.4, 0.5) is 9.59 Å². The molecule has 0 radical (unpaired) electrons. The highest BCUT2D eigenvalue weighted by atomic mass is 32.2. The third kappa shape index (κ3) is 12.8. The number of nitrogens with one attached hydrogen (secondary N) is 3. The fourth-order valence-electron chi connectivity index (χ4n) is 7.45. The molecule has 4 N–H and O–H groups in total. The van der Waals surface area contributed by atoms with E-state index in [2.05, 4.69) is 30.7 Å². The topological polar surface area (TPSA) is 260 Å². The van der Waals surface area contributed by atoms with Gasteiger partial charge < -0.3 is 39.3 Å². The van der Waals surface area contributed by atoms with Crippen molar-refractivity contribution in [2.75, 3.05) is 41.0 Å². The first-order valence-electron chi connectivity index (χ1n) is 22.1. The van der Waals surface area contributed by atoms with Gasteiger partial charge in [-0.25, -0.2) is 36.1 Å². The maximum atomic E-state index is 16.0. The standard InChI is InChI=1S/C48H54N10O11S2/c1-48(2,3)69-47(61)50-25-26-56-31-51-40-21-13-35(27-41(40)56)39-20-22-42(70(62,63)52-24-23-49-46(59)60)44(43(39)45-53-55-58(54-45)30-34-11-18-38(68-6)19-12-34)71(64,65)57(28-32-7-14-36(66-4)15-8-32)29-33-9-16-37(67-5)17-10-33/h7-22,27,31,49,52H,23-26,28-30H2,1-6H3,(H,50,61)(H,59,60). The zero-order valence-electron chi connectivity index (χ0n) is 39.8. The van der Waals surface area contributed by atoms with Gasteiger partial charge in [-0.05, 0) is 108 Å². The number of carbonyl (C=O) groups excluding carboxylic acids is 1. The predicted octanol–water partition coefficient (Wildman–Crippen LogP) is 5.89. The molecule has 0 saturated carbocycles. The minimum Gasteiger partial charge on any atom is -0.497 e. The summed E-state index contributed by atoms with van der Waals surface area (Å²) in [5.74, 6) is 1.47. The van der Waals surface area contributed by atoms with Crippen LogP contribution in [0.15, 0.2) is 119 Å². The molecule has 2 aromatic heterocycles. The summed E-state index contributed by atoms with van der Waals surface area (Å²) >= 11 is 0. The number of ether oxygens (including phenoxy) is 4. The third-order valence-electron chi connectivity index (χ3n) is 10.9. The third-order valence-corrected chi connectivity index (χ3v) is 14.4. The summed E-state index contributed by atoms with van der Waals surface area (Å²) in [6.45, 7) is 4.60. The number of hydrogen-bond donors (Lipinski definition) is 4. The molecule has 0 atom stereocenters. The Labute approximate surface area is 410 Å². The Morgan fingerprint density at radius 1 is 0.732 bits per heavy atom. The first kappa shape index (κ1) is 51.3. The second kappa shape index (κ2) is 22.0. The van der Waals surface area contributed by atoms with E-state index >= 15 is 8.42 Å². The fraction of sp³-hybridized carbons (Fsp3) is 0.292. The molecule has 0 spiro atoms. The van der Waals surface area contributed by atoms with Gasteiger partial charge in [-0.1, -0.05) is 48.5 Å². The van der Waals surface area contributed by atoms with Crippen LogP contribution in [0.25, 0.3) is 33.5 Å². The van der Waals surface area contributed by atoms with Crippen LogP contribution in [0.5, 0.6) is 17.2 Å². The van der Waals surface area contributed by atoms with Crippen molar-refractivity contribution in [3.63, 3.8) is 0 Å². The molecule has 7 aromatic rings. The quantitative estimate of drug-likeness (QED) is 0.0612. The number of carboxylic acid groups (broad SMARTS) is 1. The van der Waals surface area contributed by atoms with Gasteiger partial charge in [0.1, 0.15) is 32.6 Å². The Hall–Kier alpha value is -7.60. The van der Waals surface area contributed by atoms with E-state index in [1.54, 1.807) is 130 Å². The van der Waals surface area contributed by atoms with Crippen LogP contribution >= 0.6 is 0 Å². The highest BCUT2D eigenvalue weighted by molar-refractivity contribution is 7.92. The number of rotatable bonds is 21. The smallest absolute Gasteiger partial charge is 0.407 e. The van der Waals surface area contributed by atoms with Crippen LogP contribution in [0.1, 0.15) is 37.5 Å². The van der Waals surface area contributed by atoms with E-state index in [1.807, 2.05) is 0 Å². The molecule has 5 aromatic carbocycles. The predicted molar refractivity (Wildman–Crippen MR) is 262 cm³/mol. The van der Waals surface area contributed by atoms with Crippen molar-refractivity contribution in [2.45, 2.75) is 62.3 Å². The normalized spacial score (nSPS) is 11.9. The summed E-state index contributed by atoms with van der Waals surface area (Å²) < 4.78 is 88.1. The van der Waals surface area contributed by atoms with Crippen LogP contribution < -0.4 is 29.6 Å². The number of fused-ring (bicyclic) bond motifs is 1. The van der Waals surface area contributed by atoms with Gasteiger partial charge in [-0.15, -0.1) is 10.2 Å². The molecule has 0 fully saturated rings. The van der Waals surface area contributed by atoms with Crippen molar-refractivity contribution < 1.29 is 50.5 Å². The van der Waals surface area contributed by atoms with E-state index in [1.165, 1.54) is 31.1 Å². The molecule has 7 rings (SSSR count). The molecule has 0 aliphatic heterocycles. The van der Waals surface area contributed by atoms with Crippen molar-refractivity contribution in [3.05, 3.63) is 126 Å². The molecule has 71 heavy (non-hydrogen) atoms. The number of alkyl carbamates (subject to hydrolysis) is 1. The first-order chi connectivity index (χ1) is 33.9. The van der Waals surface area contributed by atoms with E-state index in [0.717, 1.165) is 9.87 Å². The molecule has 2 amide bonds. The average molecular weight is 1010 g/mol. The number of imidazole rings is 1. The van der Waals surface area contributed by atoms with Gasteiger partial charge in [0.15, 0.2) is 0 Å². The van der Waals surface area contributed by atoms with Gasteiger partial charge in [0, 0.05) is 39.3 Å². The number of tetrazole rings is 1. The second-order valence-corrected chi connectivity index (χ2v) is 20.6. The lowest BCUT2D eigenvalue weighted by molar-refractivity contribution is 0.0526. The summed E-state index contributed by atoms with van der Waals surface area (Å²) in [6, 6.07) is 28.5. The maximum Gasteiger partial charge on any atom is 0.407 e. The van der Waals surface area contributed by atoms with E-state index in [4.69, 9.17) is 24.0 Å². The molecule has 0 unspecified atom stereocenters. The number of benzene rings is 5. The van der Waals surface area contributed by atoms with Gasteiger partial charge >= 0.3 is 12.2 Å². The summed E-state index contributed by atoms with van der Waals surface area (Å²) in [6.07, 6.45) is -0.372. The van der Waals surface area contributed by atoms with E-state index in [-0.39, 0.29) is 56.2 Å². The number of carbonyl (C=O) groups is 2. The number of nitrogens with zero attached hydrogens (tertiary/aromatic N) is 7. The first-order valence-corrected chi connectivity index (χ1v) is 25.0. The Morgan fingerprint density at radius 2 is 1.32 bits per heavy atom. The van der Waals surface area contributed by atoms with E-state index < -0.39 is 54.2 Å². The molecular formula is C48H54N10O11S2. The highest BCUT2D eigenvalue weighted by Gasteiger charge is 2.38. The summed E-state index contributed by atoms with van der Waals surface area (Å²) in [7, 11) is -5.21. The van der Waals surface area contributed by atoms with Crippen molar-refractivity contribution in [2.24, 2.45) is 0 Å². The fourth-order valence-corrected chi connectivity index (χ4v) is 10.9. The molecule has 0 saturated heterocycles. The van der Waals surface area contributed by atoms with Crippen molar-refractivity contribution in [1.82, 2.24) is 49.4 Å². The molecule has 23 heteroatoms. The van der Waals surface area contributed by atoms with Gasteiger partial charge in [-0.2, -0.15) is 9.10 Å². The molecule has 0 bridgehead atoms. The summed E-state index contributed by atoms with van der Waals surface area (Å²) in [5, 5.41) is 27.5. The van der Waals surface area contributed by atoms with Crippen LogP contribution in [0.2, 0.25) is 0 Å². The largest absolute Gasteiger partial charge is 0.497 e. The molecule has 374 valence electrons. The number of methoxy groups -OCH3 is 3. The molecule has 2 heterocycles. The number of aromatic nitrogens is 6. The number of amides is 2. The zero-order chi connectivity index (χ0) is 50.9. The zero-order valence-corrected chi connectivity index (χ0v) is 41.5. The van der Waals surface area contributed by atoms with Crippen LogP contribution in [0.3, 0.4) is 0 Å². The van der Waals surface area contributed by atoms with Crippen LogP contribution in [-0.4, -0.2) is 115 Å². The Bertz CT molecular complexity index is 3160. The molecule has 0 aliphatic carbocycles. The monoisotopic (exact) mass is 1010 g/mol. The van der Waals surface area contributed by atoms with Gasteiger partial charge in [-0.3, -0.25) is 0 Å². The van der Waals surface area contributed by atoms with Crippen molar-refractivity contribution >= 4 is 43.3 Å².